The lowest BCUT2D eigenvalue weighted by molar-refractivity contribution is -0.119. The minimum Gasteiger partial charge on any atom is -0.452 e. The molecule has 0 aliphatic carbocycles. The summed E-state index contributed by atoms with van der Waals surface area (Å²) in [6.07, 6.45) is 0. The number of ether oxygens (including phenoxy) is 1. The van der Waals surface area contributed by atoms with Gasteiger partial charge in [-0.15, -0.1) is 0 Å². The fourth-order valence-corrected chi connectivity index (χ4v) is 2.92. The molecule has 3 aromatic rings. The second-order valence-corrected chi connectivity index (χ2v) is 6.36. The first-order valence-electron chi connectivity index (χ1n) is 8.30. The molecule has 138 valence electrons. The van der Waals surface area contributed by atoms with E-state index in [9.17, 15) is 9.59 Å². The van der Waals surface area contributed by atoms with E-state index in [-0.39, 0.29) is 0 Å². The van der Waals surface area contributed by atoms with Crippen LogP contribution in [0.2, 0.25) is 5.02 Å². The Morgan fingerprint density at radius 2 is 1.85 bits per heavy atom. The third-order valence-corrected chi connectivity index (χ3v) is 4.17. The summed E-state index contributed by atoms with van der Waals surface area (Å²) in [6, 6.07) is 16.2. The van der Waals surface area contributed by atoms with Crippen molar-refractivity contribution in [1.82, 2.24) is 9.78 Å². The van der Waals surface area contributed by atoms with Crippen LogP contribution in [0.1, 0.15) is 21.7 Å². The van der Waals surface area contributed by atoms with E-state index in [0.29, 0.717) is 27.7 Å². The van der Waals surface area contributed by atoms with E-state index in [2.05, 4.69) is 10.4 Å². The van der Waals surface area contributed by atoms with Gasteiger partial charge >= 0.3 is 5.97 Å². The molecule has 0 spiro atoms. The van der Waals surface area contributed by atoms with E-state index >= 15 is 0 Å². The molecule has 1 aromatic heterocycles. The van der Waals surface area contributed by atoms with E-state index in [1.54, 1.807) is 42.8 Å². The molecule has 27 heavy (non-hydrogen) atoms. The van der Waals surface area contributed by atoms with Crippen LogP contribution in [-0.4, -0.2) is 28.3 Å². The molecule has 6 nitrogen and oxygen atoms in total. The van der Waals surface area contributed by atoms with Gasteiger partial charge in [0.2, 0.25) is 0 Å². The monoisotopic (exact) mass is 383 g/mol. The van der Waals surface area contributed by atoms with Gasteiger partial charge in [0, 0.05) is 10.7 Å². The van der Waals surface area contributed by atoms with Crippen LogP contribution >= 0.6 is 11.6 Å². The lowest BCUT2D eigenvalue weighted by atomic mass is 10.2. The average molecular weight is 384 g/mol. The predicted octanol–water partition coefficient (Wildman–Crippen LogP) is 3.94. The lowest BCUT2D eigenvalue weighted by Gasteiger charge is -2.08. The van der Waals surface area contributed by atoms with Gasteiger partial charge in [-0.2, -0.15) is 5.10 Å². The highest BCUT2D eigenvalue weighted by molar-refractivity contribution is 6.30. The number of amides is 1. The van der Waals surface area contributed by atoms with Gasteiger partial charge in [0.25, 0.3) is 5.91 Å². The molecule has 0 atom stereocenters. The van der Waals surface area contributed by atoms with Crippen LogP contribution in [0.5, 0.6) is 0 Å². The molecule has 0 unspecified atom stereocenters. The van der Waals surface area contributed by atoms with Gasteiger partial charge < -0.3 is 10.1 Å². The zero-order valence-corrected chi connectivity index (χ0v) is 15.7. The van der Waals surface area contributed by atoms with Crippen LogP contribution in [0, 0.1) is 13.8 Å². The number of esters is 1. The molecule has 7 heteroatoms. The highest BCUT2D eigenvalue weighted by Gasteiger charge is 2.21. The first-order chi connectivity index (χ1) is 13.0. The van der Waals surface area contributed by atoms with E-state index in [0.717, 1.165) is 5.69 Å². The number of halogens is 1. The van der Waals surface area contributed by atoms with Crippen molar-refractivity contribution in [2.24, 2.45) is 0 Å². The van der Waals surface area contributed by atoms with E-state index in [1.807, 2.05) is 30.3 Å². The second-order valence-electron chi connectivity index (χ2n) is 5.93. The van der Waals surface area contributed by atoms with Crippen molar-refractivity contribution in [2.45, 2.75) is 13.8 Å². The van der Waals surface area contributed by atoms with Crippen LogP contribution in [0.15, 0.2) is 54.6 Å². The first kappa shape index (κ1) is 18.7. The molecule has 2 aromatic carbocycles. The molecule has 1 amide bonds. The van der Waals surface area contributed by atoms with Gasteiger partial charge in [-0.05, 0) is 44.2 Å². The number of rotatable bonds is 5. The number of anilines is 1. The number of carbonyl (C=O) groups excluding carboxylic acids is 2. The summed E-state index contributed by atoms with van der Waals surface area (Å²) < 4.78 is 6.84. The third-order valence-electron chi connectivity index (χ3n) is 3.94. The SMILES string of the molecule is Cc1nn(-c2ccccc2)c(C)c1C(=O)OCC(=O)Nc1cccc(Cl)c1. The lowest BCUT2D eigenvalue weighted by Crippen LogP contribution is -2.21. The predicted molar refractivity (Wildman–Crippen MR) is 103 cm³/mol. The summed E-state index contributed by atoms with van der Waals surface area (Å²) >= 11 is 5.88. The van der Waals surface area contributed by atoms with Crippen molar-refractivity contribution in [3.8, 4) is 5.69 Å². The molecule has 0 aliphatic heterocycles. The molecule has 0 bridgehead atoms. The number of nitrogens with one attached hydrogen (secondary N) is 1. The molecular weight excluding hydrogens is 366 g/mol. The Bertz CT molecular complexity index is 983. The molecule has 0 radical (unpaired) electrons. The number of benzene rings is 2. The Balaban J connectivity index is 1.68. The van der Waals surface area contributed by atoms with E-state index in [1.165, 1.54) is 0 Å². The standard InChI is InChI=1S/C20H18ClN3O3/c1-13-19(14(2)24(23-13)17-9-4-3-5-10-17)20(26)27-12-18(25)22-16-8-6-7-15(21)11-16/h3-11H,12H2,1-2H3,(H,22,25). The zero-order chi connectivity index (χ0) is 19.4. The Morgan fingerprint density at radius 1 is 1.11 bits per heavy atom. The summed E-state index contributed by atoms with van der Waals surface area (Å²) in [5, 5.41) is 7.54. The maximum atomic E-state index is 12.5. The average Bonchev–Trinajstić information content (AvgIpc) is 2.95. The van der Waals surface area contributed by atoms with Crippen LogP contribution in [0.3, 0.4) is 0 Å². The summed E-state index contributed by atoms with van der Waals surface area (Å²) in [4.78, 5) is 24.5. The molecule has 0 aliphatic rings. The summed E-state index contributed by atoms with van der Waals surface area (Å²) in [6.45, 7) is 3.12. The fraction of sp³-hybridized carbons (Fsp3) is 0.150. The van der Waals surface area contributed by atoms with Crippen molar-refractivity contribution in [2.75, 3.05) is 11.9 Å². The van der Waals surface area contributed by atoms with Crippen molar-refractivity contribution in [1.29, 1.82) is 0 Å². The van der Waals surface area contributed by atoms with Crippen LogP contribution in [0.4, 0.5) is 5.69 Å². The van der Waals surface area contributed by atoms with Gasteiger partial charge in [0.1, 0.15) is 5.56 Å². The maximum absolute atomic E-state index is 12.5. The van der Waals surface area contributed by atoms with Gasteiger partial charge in [-0.3, -0.25) is 4.79 Å². The van der Waals surface area contributed by atoms with Gasteiger partial charge in [-0.25, -0.2) is 9.48 Å². The quantitative estimate of drug-likeness (QED) is 0.677. The van der Waals surface area contributed by atoms with Crippen LogP contribution < -0.4 is 5.32 Å². The minimum atomic E-state index is -0.589. The van der Waals surface area contributed by atoms with Crippen molar-refractivity contribution >= 4 is 29.2 Å². The second kappa shape index (κ2) is 8.05. The highest BCUT2D eigenvalue weighted by Crippen LogP contribution is 2.19. The van der Waals surface area contributed by atoms with Crippen molar-refractivity contribution in [3.63, 3.8) is 0 Å². The molecule has 0 fully saturated rings. The minimum absolute atomic E-state index is 0.356. The number of aromatic nitrogens is 2. The summed E-state index contributed by atoms with van der Waals surface area (Å²) in [7, 11) is 0. The Hall–Kier alpha value is -3.12. The van der Waals surface area contributed by atoms with Crippen molar-refractivity contribution in [3.05, 3.63) is 76.6 Å². The zero-order valence-electron chi connectivity index (χ0n) is 14.9. The van der Waals surface area contributed by atoms with Crippen molar-refractivity contribution < 1.29 is 14.3 Å². The van der Waals surface area contributed by atoms with E-state index in [4.69, 9.17) is 16.3 Å². The smallest absolute Gasteiger partial charge is 0.342 e. The van der Waals surface area contributed by atoms with Gasteiger partial charge in [0.05, 0.1) is 17.1 Å². The number of hydrogen-bond donors (Lipinski definition) is 1. The fourth-order valence-electron chi connectivity index (χ4n) is 2.73. The highest BCUT2D eigenvalue weighted by atomic mass is 35.5. The Morgan fingerprint density at radius 3 is 2.56 bits per heavy atom. The summed E-state index contributed by atoms with van der Waals surface area (Å²) in [5.41, 5.74) is 2.92. The third kappa shape index (κ3) is 4.35. The van der Waals surface area contributed by atoms with Gasteiger partial charge in [-0.1, -0.05) is 35.9 Å². The number of nitrogens with zero attached hydrogens (tertiary/aromatic N) is 2. The topological polar surface area (TPSA) is 73.2 Å². The number of aryl methyl sites for hydroxylation is 1. The molecule has 0 saturated heterocycles. The van der Waals surface area contributed by atoms with Crippen LogP contribution in [0.25, 0.3) is 5.69 Å². The number of hydrogen-bond acceptors (Lipinski definition) is 4. The molecule has 0 saturated carbocycles. The molecule has 3 rings (SSSR count). The number of para-hydroxylation sites is 1. The molecule has 1 heterocycles. The summed E-state index contributed by atoms with van der Waals surface area (Å²) in [5.74, 6) is -1.04. The number of carbonyl (C=O) groups is 2. The Kier molecular flexibility index (Phi) is 5.57. The largest absolute Gasteiger partial charge is 0.452 e. The molecular formula is C20H18ClN3O3. The van der Waals surface area contributed by atoms with Crippen LogP contribution in [-0.2, 0) is 9.53 Å². The molecule has 1 N–H and O–H groups in total. The first-order valence-corrected chi connectivity index (χ1v) is 8.67. The van der Waals surface area contributed by atoms with E-state index < -0.39 is 18.5 Å². The maximum Gasteiger partial charge on any atom is 0.342 e. The normalized spacial score (nSPS) is 10.5. The Labute approximate surface area is 161 Å². The van der Waals surface area contributed by atoms with Gasteiger partial charge in [0.15, 0.2) is 6.61 Å².